The van der Waals surface area contributed by atoms with Gasteiger partial charge in [0.05, 0.1) is 11.7 Å². The van der Waals surface area contributed by atoms with Crippen LogP contribution in [0.1, 0.15) is 31.2 Å². The van der Waals surface area contributed by atoms with Gasteiger partial charge >= 0.3 is 0 Å². The predicted octanol–water partition coefficient (Wildman–Crippen LogP) is 3.10. The Kier molecular flexibility index (Phi) is 4.95. The summed E-state index contributed by atoms with van der Waals surface area (Å²) in [7, 11) is 0. The van der Waals surface area contributed by atoms with Gasteiger partial charge in [0.25, 0.3) is 0 Å². The third kappa shape index (κ3) is 4.17. The Bertz CT molecular complexity index is 666. The second-order valence-corrected chi connectivity index (χ2v) is 7.23. The maximum absolute atomic E-state index is 6.58. The zero-order valence-corrected chi connectivity index (χ0v) is 14.6. The molecule has 2 aliphatic heterocycles. The Morgan fingerprint density at radius 3 is 3.04 bits per heavy atom. The van der Waals surface area contributed by atoms with Crippen molar-refractivity contribution in [1.82, 2.24) is 14.9 Å². The molecule has 0 aliphatic carbocycles. The fraction of sp³-hybridized carbons (Fsp3) is 0.500. The summed E-state index contributed by atoms with van der Waals surface area (Å²) in [5, 5.41) is 3.41. The van der Waals surface area contributed by atoms with Crippen LogP contribution >= 0.6 is 0 Å². The molecule has 2 atom stereocenters. The first kappa shape index (κ1) is 16.5. The van der Waals surface area contributed by atoms with Crippen molar-refractivity contribution in [3.8, 4) is 0 Å². The minimum absolute atomic E-state index is 0.0386. The molecule has 0 bridgehead atoms. The summed E-state index contributed by atoms with van der Waals surface area (Å²) in [4.78, 5) is 11.1. The highest BCUT2D eigenvalue weighted by Crippen LogP contribution is 2.37. The van der Waals surface area contributed by atoms with Gasteiger partial charge in [-0.05, 0) is 49.4 Å². The molecule has 4 heterocycles. The Labute approximate surface area is 149 Å². The Balaban J connectivity index is 1.31. The lowest BCUT2D eigenvalue weighted by Gasteiger charge is -2.39. The van der Waals surface area contributed by atoms with Gasteiger partial charge in [-0.1, -0.05) is 12.1 Å². The molecule has 5 heteroatoms. The summed E-state index contributed by atoms with van der Waals surface area (Å²) in [6.07, 6.45) is 10.6. The van der Waals surface area contributed by atoms with Crippen molar-refractivity contribution >= 4 is 5.82 Å². The monoisotopic (exact) mass is 338 g/mol. The normalized spacial score (nSPS) is 26.8. The van der Waals surface area contributed by atoms with E-state index in [0.29, 0.717) is 0 Å². The van der Waals surface area contributed by atoms with Crippen molar-refractivity contribution in [3.05, 3.63) is 54.5 Å². The fourth-order valence-electron chi connectivity index (χ4n) is 4.07. The zero-order valence-electron chi connectivity index (χ0n) is 14.6. The number of hydrogen-bond donors (Lipinski definition) is 1. The molecule has 2 fully saturated rings. The van der Waals surface area contributed by atoms with E-state index in [1.807, 2.05) is 42.9 Å². The van der Waals surface area contributed by atoms with E-state index in [-0.39, 0.29) is 11.7 Å². The molecule has 0 unspecified atom stereocenters. The summed E-state index contributed by atoms with van der Waals surface area (Å²) in [6, 6.07) is 10.1. The lowest BCUT2D eigenvalue weighted by Crippen LogP contribution is -2.45. The largest absolute Gasteiger partial charge is 0.369 e. The number of ether oxygens (including phenoxy) is 1. The van der Waals surface area contributed by atoms with E-state index in [4.69, 9.17) is 4.74 Å². The third-order valence-corrected chi connectivity index (χ3v) is 5.28. The molecule has 2 saturated heterocycles. The molecule has 0 radical (unpaired) electrons. The van der Waals surface area contributed by atoms with E-state index in [1.54, 1.807) is 0 Å². The maximum Gasteiger partial charge on any atom is 0.125 e. The molecule has 132 valence electrons. The van der Waals surface area contributed by atoms with Gasteiger partial charge in [-0.2, -0.15) is 0 Å². The minimum atomic E-state index is 0.0386. The first-order valence-corrected chi connectivity index (χ1v) is 9.25. The highest BCUT2D eigenvalue weighted by atomic mass is 16.5. The number of anilines is 1. The average molecular weight is 338 g/mol. The standard InChI is InChI=1S/C20H26N4O/c1-2-11-22-19(7-1)23-14-18-6-3-8-20(25-18)9-12-24(16-20)15-17-5-4-10-21-13-17/h1-2,4-5,7,10-11,13,18H,3,6,8-9,12,14-16H2,(H,22,23)/t18-,20-/m0/s1. The second-order valence-electron chi connectivity index (χ2n) is 7.23. The van der Waals surface area contributed by atoms with Crippen LogP contribution in [0.4, 0.5) is 5.82 Å². The van der Waals surface area contributed by atoms with Gasteiger partial charge in [0, 0.05) is 44.8 Å². The van der Waals surface area contributed by atoms with Gasteiger partial charge in [-0.15, -0.1) is 0 Å². The second kappa shape index (κ2) is 7.50. The summed E-state index contributed by atoms with van der Waals surface area (Å²) in [5.41, 5.74) is 1.32. The van der Waals surface area contributed by atoms with Gasteiger partial charge in [0.2, 0.25) is 0 Å². The SMILES string of the molecule is c1ccc(NC[C@@H]2CCC[C@@]3(CCN(Cc4cccnc4)C3)O2)nc1. The molecule has 2 aromatic rings. The smallest absolute Gasteiger partial charge is 0.125 e. The zero-order chi connectivity index (χ0) is 17.0. The first-order valence-electron chi connectivity index (χ1n) is 9.25. The number of nitrogens with one attached hydrogen (secondary N) is 1. The maximum atomic E-state index is 6.58. The lowest BCUT2D eigenvalue weighted by atomic mass is 9.90. The molecule has 1 N–H and O–H groups in total. The van der Waals surface area contributed by atoms with Gasteiger partial charge in [0.15, 0.2) is 0 Å². The highest BCUT2D eigenvalue weighted by Gasteiger charge is 2.42. The van der Waals surface area contributed by atoms with Gasteiger partial charge in [-0.25, -0.2) is 4.98 Å². The van der Waals surface area contributed by atoms with Crippen molar-refractivity contribution in [1.29, 1.82) is 0 Å². The first-order chi connectivity index (χ1) is 12.3. The van der Waals surface area contributed by atoms with Crippen LogP contribution in [0.2, 0.25) is 0 Å². The topological polar surface area (TPSA) is 50.3 Å². The number of rotatable bonds is 5. The molecule has 0 amide bonds. The van der Waals surface area contributed by atoms with Gasteiger partial charge in [-0.3, -0.25) is 9.88 Å². The summed E-state index contributed by atoms with van der Waals surface area (Å²) < 4.78 is 6.58. The van der Waals surface area contributed by atoms with Crippen LogP contribution in [0.3, 0.4) is 0 Å². The van der Waals surface area contributed by atoms with E-state index >= 15 is 0 Å². The lowest BCUT2D eigenvalue weighted by molar-refractivity contribution is -0.115. The molecular formula is C20H26N4O. The van der Waals surface area contributed by atoms with E-state index in [2.05, 4.69) is 26.3 Å². The van der Waals surface area contributed by atoms with Crippen molar-refractivity contribution in [3.63, 3.8) is 0 Å². The number of pyridine rings is 2. The summed E-state index contributed by atoms with van der Waals surface area (Å²) >= 11 is 0. The molecular weight excluding hydrogens is 312 g/mol. The third-order valence-electron chi connectivity index (χ3n) is 5.28. The Morgan fingerprint density at radius 1 is 1.20 bits per heavy atom. The quantitative estimate of drug-likeness (QED) is 0.908. The van der Waals surface area contributed by atoms with Gasteiger partial charge < -0.3 is 10.1 Å². The summed E-state index contributed by atoms with van der Waals surface area (Å²) in [5.74, 6) is 0.926. The molecule has 1 spiro atoms. The van der Waals surface area contributed by atoms with Crippen molar-refractivity contribution in [2.24, 2.45) is 0 Å². The summed E-state index contributed by atoms with van der Waals surface area (Å²) in [6.45, 7) is 3.94. The van der Waals surface area contributed by atoms with Gasteiger partial charge in [0.1, 0.15) is 5.82 Å². The van der Waals surface area contributed by atoms with E-state index in [9.17, 15) is 0 Å². The van der Waals surface area contributed by atoms with Crippen molar-refractivity contribution in [2.45, 2.75) is 43.9 Å². The van der Waals surface area contributed by atoms with Crippen molar-refractivity contribution in [2.75, 3.05) is 25.0 Å². The Hall–Kier alpha value is -1.98. The molecule has 0 saturated carbocycles. The molecule has 25 heavy (non-hydrogen) atoms. The number of likely N-dealkylation sites (tertiary alicyclic amines) is 1. The van der Waals surface area contributed by atoms with Crippen LogP contribution in [-0.2, 0) is 11.3 Å². The van der Waals surface area contributed by atoms with Crippen molar-refractivity contribution < 1.29 is 4.74 Å². The average Bonchev–Trinajstić information content (AvgIpc) is 3.03. The molecule has 4 rings (SSSR count). The van der Waals surface area contributed by atoms with Crippen LogP contribution < -0.4 is 5.32 Å². The minimum Gasteiger partial charge on any atom is -0.369 e. The van der Waals surface area contributed by atoms with Crippen LogP contribution in [0.25, 0.3) is 0 Å². The molecule has 0 aromatic carbocycles. The van der Waals surface area contributed by atoms with Crippen LogP contribution in [0.15, 0.2) is 48.9 Å². The number of nitrogens with zero attached hydrogens (tertiary/aromatic N) is 3. The van der Waals surface area contributed by atoms with Crippen LogP contribution in [-0.4, -0.2) is 46.2 Å². The van der Waals surface area contributed by atoms with Crippen LogP contribution in [0, 0.1) is 0 Å². The number of hydrogen-bond acceptors (Lipinski definition) is 5. The highest BCUT2D eigenvalue weighted by molar-refractivity contribution is 5.33. The fourth-order valence-corrected chi connectivity index (χ4v) is 4.07. The number of aromatic nitrogens is 2. The van der Waals surface area contributed by atoms with E-state index < -0.39 is 0 Å². The predicted molar refractivity (Wildman–Crippen MR) is 98.3 cm³/mol. The molecule has 2 aliphatic rings. The Morgan fingerprint density at radius 2 is 2.20 bits per heavy atom. The van der Waals surface area contributed by atoms with E-state index in [0.717, 1.165) is 44.8 Å². The van der Waals surface area contributed by atoms with E-state index in [1.165, 1.54) is 18.4 Å². The molecule has 2 aromatic heterocycles. The van der Waals surface area contributed by atoms with Crippen LogP contribution in [0.5, 0.6) is 0 Å². The molecule has 5 nitrogen and oxygen atoms in total.